The van der Waals surface area contributed by atoms with E-state index in [1.165, 1.54) is 42.1 Å². The van der Waals surface area contributed by atoms with Crippen LogP contribution in [-0.2, 0) is 25.5 Å². The summed E-state index contributed by atoms with van der Waals surface area (Å²) in [5, 5.41) is 0.211. The van der Waals surface area contributed by atoms with Gasteiger partial charge in [-0.1, -0.05) is 12.1 Å². The third-order valence-corrected chi connectivity index (χ3v) is 5.26. The average Bonchev–Trinajstić information content (AvgIpc) is 2.86. The van der Waals surface area contributed by atoms with Crippen LogP contribution in [0.25, 0.3) is 16.7 Å². The Labute approximate surface area is 208 Å². The summed E-state index contributed by atoms with van der Waals surface area (Å²) >= 11 is 0. The molecule has 190 valence electrons. The number of aromatic nitrogens is 3. The molecule has 0 unspecified atom stereocenters. The number of ether oxygens (including phenoxy) is 3. The summed E-state index contributed by atoms with van der Waals surface area (Å²) in [5.41, 5.74) is 1.31. The maximum Gasteiger partial charge on any atom is 0.341 e. The molecule has 3 heterocycles. The molecular formula is C26H30N4O6. The fourth-order valence-corrected chi connectivity index (χ4v) is 3.65. The Morgan fingerprint density at radius 3 is 2.69 bits per heavy atom. The number of carbonyl (C=O) groups excluding carboxylic acids is 2. The minimum atomic E-state index is -0.693. The van der Waals surface area contributed by atoms with Gasteiger partial charge in [-0.15, -0.1) is 0 Å². The van der Waals surface area contributed by atoms with Crippen LogP contribution in [0.15, 0.2) is 58.7 Å². The third-order valence-electron chi connectivity index (χ3n) is 5.26. The summed E-state index contributed by atoms with van der Waals surface area (Å²) in [6.45, 7) is 6.83. The topological polar surface area (TPSA) is 113 Å². The van der Waals surface area contributed by atoms with E-state index in [-0.39, 0.29) is 28.6 Å². The number of nitrogens with zero attached hydrogens (tertiary/aromatic N) is 4. The maximum atomic E-state index is 13.4. The fourth-order valence-electron chi connectivity index (χ4n) is 3.65. The highest BCUT2D eigenvalue weighted by molar-refractivity contribution is 5.94. The van der Waals surface area contributed by atoms with Crippen molar-refractivity contribution in [3.8, 4) is 0 Å². The lowest BCUT2D eigenvalue weighted by Crippen LogP contribution is -2.33. The van der Waals surface area contributed by atoms with E-state index in [4.69, 9.17) is 19.2 Å². The van der Waals surface area contributed by atoms with Crippen LogP contribution in [0.5, 0.6) is 0 Å². The zero-order valence-electron chi connectivity index (χ0n) is 20.9. The van der Waals surface area contributed by atoms with Gasteiger partial charge in [-0.3, -0.25) is 14.0 Å². The molecule has 0 fully saturated rings. The van der Waals surface area contributed by atoms with Crippen molar-refractivity contribution in [1.82, 2.24) is 14.0 Å². The van der Waals surface area contributed by atoms with Gasteiger partial charge in [0, 0.05) is 32.0 Å². The van der Waals surface area contributed by atoms with Crippen molar-refractivity contribution < 1.29 is 23.8 Å². The lowest BCUT2D eigenvalue weighted by atomic mass is 10.2. The molecule has 0 saturated heterocycles. The first-order valence-electron chi connectivity index (χ1n) is 11.7. The van der Waals surface area contributed by atoms with E-state index in [1.807, 2.05) is 19.9 Å². The molecule has 10 heteroatoms. The smallest absolute Gasteiger partial charge is 0.341 e. The van der Waals surface area contributed by atoms with Crippen molar-refractivity contribution in [1.29, 1.82) is 0 Å². The second-order valence-corrected chi connectivity index (χ2v) is 7.72. The molecule has 0 radical (unpaired) electrons. The van der Waals surface area contributed by atoms with Gasteiger partial charge in [0.2, 0.25) is 0 Å². The van der Waals surface area contributed by atoms with Crippen LogP contribution >= 0.6 is 0 Å². The third kappa shape index (κ3) is 5.95. The molecule has 1 amide bonds. The molecule has 0 atom stereocenters. The lowest BCUT2D eigenvalue weighted by molar-refractivity contribution is -0.113. The van der Waals surface area contributed by atoms with Gasteiger partial charge < -0.3 is 18.8 Å². The summed E-state index contributed by atoms with van der Waals surface area (Å²) in [5.74, 6) is -1.30. The van der Waals surface area contributed by atoms with E-state index in [0.29, 0.717) is 37.5 Å². The lowest BCUT2D eigenvalue weighted by Gasteiger charge is -2.15. The molecule has 0 aliphatic heterocycles. The van der Waals surface area contributed by atoms with E-state index in [2.05, 4.69) is 4.99 Å². The second-order valence-electron chi connectivity index (χ2n) is 7.72. The molecule has 3 rings (SSSR count). The highest BCUT2D eigenvalue weighted by Gasteiger charge is 2.20. The first-order valence-corrected chi connectivity index (χ1v) is 11.7. The Hall–Kier alpha value is -4.05. The normalized spacial score (nSPS) is 12.3. The summed E-state index contributed by atoms with van der Waals surface area (Å²) in [6.07, 6.45) is 7.82. The standard InChI is InChI=1S/C26H30N4O6/c1-5-35-16-10-14-29-23-19(25(32)30-13-9-11-18(3)22(30)28-23)17-20(26(33)36-6-2)24(29)27-21(31)12-7-8-15-34-4/h7-9,11-13,15,17H,5-6,10,14,16H2,1-4H3. The van der Waals surface area contributed by atoms with E-state index in [0.717, 1.165) is 5.56 Å². The molecule has 36 heavy (non-hydrogen) atoms. The van der Waals surface area contributed by atoms with E-state index >= 15 is 0 Å². The first kappa shape index (κ1) is 26.6. The Morgan fingerprint density at radius 2 is 1.97 bits per heavy atom. The molecule has 0 spiro atoms. The molecule has 0 aromatic carbocycles. The van der Waals surface area contributed by atoms with Crippen molar-refractivity contribution in [2.45, 2.75) is 33.7 Å². The van der Waals surface area contributed by atoms with Crippen molar-refractivity contribution in [3.63, 3.8) is 0 Å². The van der Waals surface area contributed by atoms with Gasteiger partial charge in [0.05, 0.1) is 25.4 Å². The van der Waals surface area contributed by atoms with E-state index in [9.17, 15) is 14.4 Å². The van der Waals surface area contributed by atoms with Crippen LogP contribution in [0.2, 0.25) is 0 Å². The number of allylic oxidation sites excluding steroid dienone is 2. The molecular weight excluding hydrogens is 464 g/mol. The van der Waals surface area contributed by atoms with Gasteiger partial charge >= 0.3 is 5.97 Å². The zero-order chi connectivity index (χ0) is 26.1. The Kier molecular flexibility index (Phi) is 9.29. The van der Waals surface area contributed by atoms with Crippen molar-refractivity contribution >= 4 is 28.6 Å². The van der Waals surface area contributed by atoms with Gasteiger partial charge in [-0.05, 0) is 51.0 Å². The predicted octanol–water partition coefficient (Wildman–Crippen LogP) is 2.70. The Balaban J connectivity index is 2.38. The highest BCUT2D eigenvalue weighted by Crippen LogP contribution is 2.14. The van der Waals surface area contributed by atoms with Crippen LogP contribution in [0.1, 0.15) is 36.2 Å². The molecule has 3 aromatic rings. The van der Waals surface area contributed by atoms with Crippen molar-refractivity contribution in [3.05, 3.63) is 75.9 Å². The summed E-state index contributed by atoms with van der Waals surface area (Å²) in [6, 6.07) is 5.01. The molecule has 0 aliphatic rings. The molecule has 0 aliphatic carbocycles. The molecule has 3 aromatic heterocycles. The van der Waals surface area contributed by atoms with Gasteiger partial charge in [-0.25, -0.2) is 9.78 Å². The maximum absolute atomic E-state index is 13.4. The van der Waals surface area contributed by atoms with Crippen molar-refractivity contribution in [2.24, 2.45) is 4.99 Å². The largest absolute Gasteiger partial charge is 0.504 e. The summed E-state index contributed by atoms with van der Waals surface area (Å²) in [7, 11) is 1.49. The minimum Gasteiger partial charge on any atom is -0.504 e. The van der Waals surface area contributed by atoms with E-state index in [1.54, 1.807) is 23.8 Å². The molecule has 0 bridgehead atoms. The number of rotatable bonds is 10. The SMILES string of the molecule is CCOCCCn1c(=NC(=O)C=CC=COC)c(C(=O)OCC)cc2c(=O)n3cccc(C)c3nc21. The quantitative estimate of drug-likeness (QED) is 0.106. The van der Waals surface area contributed by atoms with Gasteiger partial charge in [0.1, 0.15) is 16.9 Å². The monoisotopic (exact) mass is 494 g/mol. The van der Waals surface area contributed by atoms with Crippen molar-refractivity contribution in [2.75, 3.05) is 26.9 Å². The van der Waals surface area contributed by atoms with Gasteiger partial charge in [0.15, 0.2) is 5.49 Å². The summed E-state index contributed by atoms with van der Waals surface area (Å²) < 4.78 is 18.6. The zero-order valence-corrected chi connectivity index (χ0v) is 20.9. The van der Waals surface area contributed by atoms with E-state index < -0.39 is 11.9 Å². The molecule has 0 saturated carbocycles. The van der Waals surface area contributed by atoms with Crippen LogP contribution in [-0.4, -0.2) is 52.8 Å². The number of esters is 1. The number of amides is 1. The predicted molar refractivity (Wildman–Crippen MR) is 135 cm³/mol. The second kappa shape index (κ2) is 12.6. The average molecular weight is 495 g/mol. The fraction of sp³-hybridized carbons (Fsp3) is 0.346. The number of pyridine rings is 2. The van der Waals surface area contributed by atoms with Gasteiger partial charge in [0.25, 0.3) is 11.5 Å². The number of methoxy groups -OCH3 is 1. The number of fused-ring (bicyclic) bond motifs is 2. The minimum absolute atomic E-state index is 0.00134. The molecule has 0 N–H and O–H groups in total. The first-order chi connectivity index (χ1) is 17.4. The summed E-state index contributed by atoms with van der Waals surface area (Å²) in [4.78, 5) is 48.1. The number of hydrogen-bond acceptors (Lipinski definition) is 7. The van der Waals surface area contributed by atoms with Crippen LogP contribution in [0.3, 0.4) is 0 Å². The van der Waals surface area contributed by atoms with Crippen LogP contribution in [0, 0.1) is 6.92 Å². The van der Waals surface area contributed by atoms with Crippen LogP contribution < -0.4 is 11.0 Å². The Bertz CT molecular complexity index is 1450. The highest BCUT2D eigenvalue weighted by atomic mass is 16.5. The van der Waals surface area contributed by atoms with Gasteiger partial charge in [-0.2, -0.15) is 4.99 Å². The molecule has 10 nitrogen and oxygen atoms in total. The Morgan fingerprint density at radius 1 is 1.17 bits per heavy atom. The number of aryl methyl sites for hydroxylation is 2. The number of carbonyl (C=O) groups is 2. The number of hydrogen-bond donors (Lipinski definition) is 0. The van der Waals surface area contributed by atoms with Crippen LogP contribution in [0.4, 0.5) is 0 Å².